The molecule has 0 spiro atoms. The Balaban J connectivity index is 0.00000200. The van der Waals surface area contributed by atoms with Crippen LogP contribution in [0.25, 0.3) is 0 Å². The van der Waals surface area contributed by atoms with Gasteiger partial charge in [0.1, 0.15) is 0 Å². The lowest BCUT2D eigenvalue weighted by Crippen LogP contribution is -2.45. The van der Waals surface area contributed by atoms with Gasteiger partial charge in [-0.2, -0.15) is 0 Å². The molecule has 1 saturated heterocycles. The number of hydrogen-bond acceptors (Lipinski definition) is 4. The summed E-state index contributed by atoms with van der Waals surface area (Å²) in [5, 5.41) is 14.2. The Labute approximate surface area is 137 Å². The van der Waals surface area contributed by atoms with Gasteiger partial charge in [0.15, 0.2) is 0 Å². The maximum Gasteiger partial charge on any atom is 0.269 e. The second-order valence-electron chi connectivity index (χ2n) is 4.68. The van der Waals surface area contributed by atoms with Gasteiger partial charge in [-0.3, -0.25) is 15.0 Å². The molecular weight excluding hydrogens is 313 g/mol. The van der Waals surface area contributed by atoms with Crippen molar-refractivity contribution in [1.82, 2.24) is 10.2 Å². The van der Waals surface area contributed by atoms with E-state index in [0.717, 1.165) is 38.2 Å². The Kier molecular flexibility index (Phi) is 9.21. The van der Waals surface area contributed by atoms with Crippen molar-refractivity contribution in [2.24, 2.45) is 0 Å². The normalized spacial score (nSPS) is 16.2. The number of nitro groups is 1. The Morgan fingerprint density at radius 1 is 1.38 bits per heavy atom. The second kappa shape index (κ2) is 9.73. The Hall–Kier alpha value is -1.14. The second-order valence-corrected chi connectivity index (χ2v) is 4.68. The van der Waals surface area contributed by atoms with E-state index in [9.17, 15) is 10.1 Å². The smallest absolute Gasteiger partial charge is 0.269 e. The van der Waals surface area contributed by atoms with Crippen LogP contribution in [-0.2, 0) is 0 Å². The molecule has 0 aliphatic carbocycles. The van der Waals surface area contributed by atoms with Gasteiger partial charge in [0.25, 0.3) is 5.69 Å². The summed E-state index contributed by atoms with van der Waals surface area (Å²) in [5.41, 5.74) is 1.15. The standard InChI is InChI=1S/C14H19N3O2.2ClH/c1-2-4-14(16-9-7-15-8-10-16)12-5-3-6-13(11-12)17(18)19;;/h2-3,5-6,11,14-15H,1,4,7-10H2;2*1H/t14-;;/m1../s1. The van der Waals surface area contributed by atoms with Crippen molar-refractivity contribution in [2.45, 2.75) is 12.5 Å². The van der Waals surface area contributed by atoms with Crippen molar-refractivity contribution in [3.05, 3.63) is 52.6 Å². The van der Waals surface area contributed by atoms with E-state index >= 15 is 0 Å². The van der Waals surface area contributed by atoms with E-state index in [1.54, 1.807) is 12.1 Å². The van der Waals surface area contributed by atoms with Crippen molar-refractivity contribution in [3.8, 4) is 0 Å². The summed E-state index contributed by atoms with van der Waals surface area (Å²) < 4.78 is 0. The summed E-state index contributed by atoms with van der Waals surface area (Å²) in [6.07, 6.45) is 2.69. The number of rotatable bonds is 5. The van der Waals surface area contributed by atoms with Crippen LogP contribution in [0.5, 0.6) is 0 Å². The lowest BCUT2D eigenvalue weighted by Gasteiger charge is -2.34. The topological polar surface area (TPSA) is 58.4 Å². The third-order valence-corrected chi connectivity index (χ3v) is 3.45. The minimum Gasteiger partial charge on any atom is -0.314 e. The fraction of sp³-hybridized carbons (Fsp3) is 0.429. The van der Waals surface area contributed by atoms with Gasteiger partial charge in [0, 0.05) is 44.4 Å². The van der Waals surface area contributed by atoms with Gasteiger partial charge < -0.3 is 5.32 Å². The summed E-state index contributed by atoms with van der Waals surface area (Å²) in [6.45, 7) is 7.64. The fourth-order valence-electron chi connectivity index (χ4n) is 2.49. The number of non-ortho nitro benzene ring substituents is 1. The molecule has 1 heterocycles. The molecule has 1 aliphatic heterocycles. The molecule has 1 atom stereocenters. The van der Waals surface area contributed by atoms with Crippen LogP contribution in [0.15, 0.2) is 36.9 Å². The van der Waals surface area contributed by atoms with E-state index in [4.69, 9.17) is 0 Å². The van der Waals surface area contributed by atoms with Crippen LogP contribution in [0.4, 0.5) is 5.69 Å². The van der Waals surface area contributed by atoms with E-state index < -0.39 is 0 Å². The molecule has 0 unspecified atom stereocenters. The number of hydrogen-bond donors (Lipinski definition) is 1. The van der Waals surface area contributed by atoms with Crippen molar-refractivity contribution in [1.29, 1.82) is 0 Å². The summed E-state index contributed by atoms with van der Waals surface area (Å²) in [5.74, 6) is 0. The maximum absolute atomic E-state index is 10.9. The molecule has 21 heavy (non-hydrogen) atoms. The van der Waals surface area contributed by atoms with Crippen molar-refractivity contribution < 1.29 is 4.92 Å². The molecule has 2 rings (SSSR count). The summed E-state index contributed by atoms with van der Waals surface area (Å²) in [6, 6.07) is 7.11. The molecule has 7 heteroatoms. The van der Waals surface area contributed by atoms with Crippen LogP contribution in [-0.4, -0.2) is 36.0 Å². The predicted octanol–water partition coefficient (Wildman–Crippen LogP) is 2.96. The predicted molar refractivity (Wildman–Crippen MR) is 89.6 cm³/mol. The molecular formula is C14H21Cl2N3O2. The lowest BCUT2D eigenvalue weighted by atomic mass is 10.0. The molecule has 1 fully saturated rings. The third-order valence-electron chi connectivity index (χ3n) is 3.45. The van der Waals surface area contributed by atoms with Gasteiger partial charge in [-0.05, 0) is 12.0 Å². The largest absolute Gasteiger partial charge is 0.314 e. The summed E-state index contributed by atoms with van der Waals surface area (Å²) in [4.78, 5) is 12.9. The van der Waals surface area contributed by atoms with E-state index in [0.29, 0.717) is 0 Å². The van der Waals surface area contributed by atoms with Crippen LogP contribution in [0.2, 0.25) is 0 Å². The van der Waals surface area contributed by atoms with Gasteiger partial charge in [-0.25, -0.2) is 0 Å². The zero-order chi connectivity index (χ0) is 13.7. The van der Waals surface area contributed by atoms with Crippen molar-refractivity contribution >= 4 is 30.5 Å². The monoisotopic (exact) mass is 333 g/mol. The molecule has 118 valence electrons. The van der Waals surface area contributed by atoms with Gasteiger partial charge in [0.05, 0.1) is 4.92 Å². The number of nitrogens with zero attached hydrogens (tertiary/aromatic N) is 2. The first-order chi connectivity index (χ1) is 9.22. The van der Waals surface area contributed by atoms with E-state index in [1.165, 1.54) is 6.07 Å². The van der Waals surface area contributed by atoms with Crippen LogP contribution >= 0.6 is 24.8 Å². The molecule has 0 radical (unpaired) electrons. The van der Waals surface area contributed by atoms with Gasteiger partial charge in [-0.15, -0.1) is 31.4 Å². The van der Waals surface area contributed by atoms with E-state index in [-0.39, 0.29) is 41.5 Å². The molecule has 1 aromatic rings. The first kappa shape index (κ1) is 19.9. The fourth-order valence-corrected chi connectivity index (χ4v) is 2.49. The SMILES string of the molecule is C=CC[C@H](c1cccc([N+](=O)[O-])c1)N1CCNCC1.Cl.Cl. The Bertz CT molecular complexity index is 465. The van der Waals surface area contributed by atoms with Crippen LogP contribution in [0, 0.1) is 10.1 Å². The van der Waals surface area contributed by atoms with Crippen molar-refractivity contribution in [3.63, 3.8) is 0 Å². The highest BCUT2D eigenvalue weighted by atomic mass is 35.5. The molecule has 1 aromatic carbocycles. The first-order valence-electron chi connectivity index (χ1n) is 6.52. The van der Waals surface area contributed by atoms with Crippen LogP contribution in [0.1, 0.15) is 18.0 Å². The zero-order valence-electron chi connectivity index (χ0n) is 11.7. The summed E-state index contributed by atoms with van der Waals surface area (Å²) in [7, 11) is 0. The number of nitrogens with one attached hydrogen (secondary N) is 1. The quantitative estimate of drug-likeness (QED) is 0.511. The molecule has 0 bridgehead atoms. The number of nitro benzene ring substituents is 1. The minimum atomic E-state index is -0.341. The average molecular weight is 334 g/mol. The molecule has 0 saturated carbocycles. The van der Waals surface area contributed by atoms with Gasteiger partial charge >= 0.3 is 0 Å². The van der Waals surface area contributed by atoms with E-state index in [1.807, 2.05) is 12.1 Å². The number of piperazine rings is 1. The van der Waals surface area contributed by atoms with E-state index in [2.05, 4.69) is 16.8 Å². The molecule has 0 aromatic heterocycles. The summed E-state index contributed by atoms with van der Waals surface area (Å²) >= 11 is 0. The molecule has 5 nitrogen and oxygen atoms in total. The highest BCUT2D eigenvalue weighted by Gasteiger charge is 2.22. The number of halogens is 2. The Morgan fingerprint density at radius 3 is 2.62 bits per heavy atom. The molecule has 1 N–H and O–H groups in total. The van der Waals surface area contributed by atoms with Crippen LogP contribution in [0.3, 0.4) is 0 Å². The third kappa shape index (κ3) is 5.28. The average Bonchev–Trinajstić information content (AvgIpc) is 2.46. The van der Waals surface area contributed by atoms with Crippen molar-refractivity contribution in [2.75, 3.05) is 26.2 Å². The molecule has 1 aliphatic rings. The highest BCUT2D eigenvalue weighted by Crippen LogP contribution is 2.27. The first-order valence-corrected chi connectivity index (χ1v) is 6.52. The number of benzene rings is 1. The Morgan fingerprint density at radius 2 is 2.05 bits per heavy atom. The van der Waals surface area contributed by atoms with Gasteiger partial charge in [-0.1, -0.05) is 18.2 Å². The molecule has 0 amide bonds. The van der Waals surface area contributed by atoms with Crippen LogP contribution < -0.4 is 5.32 Å². The highest BCUT2D eigenvalue weighted by molar-refractivity contribution is 5.85. The lowest BCUT2D eigenvalue weighted by molar-refractivity contribution is -0.385. The zero-order valence-corrected chi connectivity index (χ0v) is 13.4. The minimum absolute atomic E-state index is 0. The van der Waals surface area contributed by atoms with Gasteiger partial charge in [0.2, 0.25) is 0 Å². The maximum atomic E-state index is 10.9.